The number of hydrogen-bond donors (Lipinski definition) is 2. The highest BCUT2D eigenvalue weighted by atomic mass is 16.6. The van der Waals surface area contributed by atoms with Gasteiger partial charge in [0, 0.05) is 0 Å². The van der Waals surface area contributed by atoms with E-state index in [9.17, 15) is 14.7 Å². The Balaban J connectivity index is 4.66. The van der Waals surface area contributed by atoms with Gasteiger partial charge in [0.2, 0.25) is 0 Å². The van der Waals surface area contributed by atoms with Crippen LogP contribution in [0.3, 0.4) is 0 Å². The molecule has 0 aromatic rings. The summed E-state index contributed by atoms with van der Waals surface area (Å²) in [5.74, 6) is -0.658. The molecule has 2 N–H and O–H groups in total. The van der Waals surface area contributed by atoms with Gasteiger partial charge in [-0.15, -0.1) is 0 Å². The first-order valence-corrected chi connectivity index (χ1v) is 6.55. The summed E-state index contributed by atoms with van der Waals surface area (Å²) in [4.78, 5) is 23.3. The largest absolute Gasteiger partial charge is 0.464 e. The van der Waals surface area contributed by atoms with Gasteiger partial charge in [0.05, 0.1) is 12.7 Å². The lowest BCUT2D eigenvalue weighted by Gasteiger charge is -2.25. The number of nitrogens with one attached hydrogen (secondary N) is 1. The van der Waals surface area contributed by atoms with Crippen LogP contribution in [0.4, 0.5) is 4.79 Å². The maximum Gasteiger partial charge on any atom is 0.408 e. The summed E-state index contributed by atoms with van der Waals surface area (Å²) in [6, 6.07) is -1.10. The third-order valence-electron chi connectivity index (χ3n) is 2.18. The van der Waals surface area contributed by atoms with Gasteiger partial charge in [-0.3, -0.25) is 0 Å². The molecule has 0 aromatic carbocycles. The average molecular weight is 275 g/mol. The van der Waals surface area contributed by atoms with Crippen molar-refractivity contribution < 1.29 is 24.2 Å². The molecule has 1 amide bonds. The number of aliphatic hydroxyl groups excluding tert-OH is 1. The molecule has 0 heterocycles. The van der Waals surface area contributed by atoms with Gasteiger partial charge < -0.3 is 19.9 Å². The van der Waals surface area contributed by atoms with Crippen molar-refractivity contribution in [1.29, 1.82) is 0 Å². The van der Waals surface area contributed by atoms with Crippen LogP contribution in [0.15, 0.2) is 0 Å². The Kier molecular flexibility index (Phi) is 7.44. The summed E-state index contributed by atoms with van der Waals surface area (Å²) in [5.41, 5.74) is -0.668. The van der Waals surface area contributed by atoms with Crippen LogP contribution in [0.2, 0.25) is 0 Å². The fraction of sp³-hybridized carbons (Fsp3) is 0.846. The number of alkyl carbamates (subject to hydrolysis) is 1. The van der Waals surface area contributed by atoms with E-state index in [0.717, 1.165) is 0 Å². The van der Waals surface area contributed by atoms with Crippen LogP contribution in [0, 0.1) is 0 Å². The first-order valence-electron chi connectivity index (χ1n) is 6.55. The highest BCUT2D eigenvalue weighted by molar-refractivity contribution is 5.82. The van der Waals surface area contributed by atoms with Crippen LogP contribution >= 0.6 is 0 Å². The van der Waals surface area contributed by atoms with Gasteiger partial charge in [0.25, 0.3) is 0 Å². The Bertz CT molecular complexity index is 298. The molecule has 0 saturated heterocycles. The third-order valence-corrected chi connectivity index (χ3v) is 2.18. The fourth-order valence-electron chi connectivity index (χ4n) is 1.44. The van der Waals surface area contributed by atoms with Gasteiger partial charge in [0.1, 0.15) is 5.60 Å². The zero-order valence-corrected chi connectivity index (χ0v) is 12.4. The Hall–Kier alpha value is -1.30. The van der Waals surface area contributed by atoms with Crippen molar-refractivity contribution in [3.8, 4) is 0 Å². The second kappa shape index (κ2) is 7.99. The van der Waals surface area contributed by atoms with Gasteiger partial charge in [-0.1, -0.05) is 13.3 Å². The number of esters is 1. The van der Waals surface area contributed by atoms with Crippen molar-refractivity contribution in [2.75, 3.05) is 6.61 Å². The van der Waals surface area contributed by atoms with Crippen molar-refractivity contribution in [1.82, 2.24) is 5.32 Å². The highest BCUT2D eigenvalue weighted by Crippen LogP contribution is 2.09. The summed E-state index contributed by atoms with van der Waals surface area (Å²) >= 11 is 0. The van der Waals surface area contributed by atoms with Crippen LogP contribution in [-0.4, -0.2) is 41.5 Å². The molecule has 0 unspecified atom stereocenters. The van der Waals surface area contributed by atoms with E-state index in [1.165, 1.54) is 0 Å². The van der Waals surface area contributed by atoms with Crippen LogP contribution < -0.4 is 5.32 Å². The van der Waals surface area contributed by atoms with E-state index in [2.05, 4.69) is 5.32 Å². The Morgan fingerprint density at radius 2 is 1.84 bits per heavy atom. The smallest absolute Gasteiger partial charge is 0.408 e. The number of rotatable bonds is 6. The molecule has 0 radical (unpaired) electrons. The van der Waals surface area contributed by atoms with E-state index in [1.807, 2.05) is 6.92 Å². The molecule has 112 valence electrons. The van der Waals surface area contributed by atoms with E-state index in [0.29, 0.717) is 12.8 Å². The van der Waals surface area contributed by atoms with Crippen molar-refractivity contribution in [2.24, 2.45) is 0 Å². The molecule has 0 bridgehead atoms. The van der Waals surface area contributed by atoms with E-state index in [4.69, 9.17) is 9.47 Å². The third kappa shape index (κ3) is 7.66. The molecule has 6 nitrogen and oxygen atoms in total. The lowest BCUT2D eigenvalue weighted by molar-refractivity contribution is -0.148. The number of amides is 1. The zero-order chi connectivity index (χ0) is 15.1. The number of carbonyl (C=O) groups is 2. The summed E-state index contributed by atoms with van der Waals surface area (Å²) < 4.78 is 9.89. The first kappa shape index (κ1) is 17.7. The summed E-state index contributed by atoms with van der Waals surface area (Å²) in [5, 5.41) is 12.2. The maximum absolute atomic E-state index is 11.7. The lowest BCUT2D eigenvalue weighted by atomic mass is 10.1. The summed E-state index contributed by atoms with van der Waals surface area (Å²) in [6.45, 7) is 8.87. The standard InChI is InChI=1S/C13H25NO5/c1-6-8-9(15)10(11(16)18-7-2)14-12(17)19-13(3,4)5/h9-10,15H,6-8H2,1-5H3,(H,14,17)/t9-,10-/m0/s1. The number of carbonyl (C=O) groups excluding carboxylic acids is 2. The van der Waals surface area contributed by atoms with E-state index >= 15 is 0 Å². The SMILES string of the molecule is CCC[C@H](O)[C@H](NC(=O)OC(C)(C)C)C(=O)OCC. The molecule has 0 aromatic heterocycles. The second-order valence-corrected chi connectivity index (χ2v) is 5.23. The van der Waals surface area contributed by atoms with Crippen LogP contribution in [-0.2, 0) is 14.3 Å². The molecule has 0 aliphatic rings. The quantitative estimate of drug-likeness (QED) is 0.719. The predicted molar refractivity (Wildman–Crippen MR) is 70.7 cm³/mol. The highest BCUT2D eigenvalue weighted by Gasteiger charge is 2.31. The van der Waals surface area contributed by atoms with E-state index < -0.39 is 29.8 Å². The minimum atomic E-state index is -1.10. The fourth-order valence-corrected chi connectivity index (χ4v) is 1.44. The van der Waals surface area contributed by atoms with Gasteiger partial charge in [-0.25, -0.2) is 9.59 Å². The van der Waals surface area contributed by atoms with Gasteiger partial charge >= 0.3 is 12.1 Å². The van der Waals surface area contributed by atoms with Crippen molar-refractivity contribution in [3.05, 3.63) is 0 Å². The van der Waals surface area contributed by atoms with E-state index in [-0.39, 0.29) is 6.61 Å². The topological polar surface area (TPSA) is 84.9 Å². The van der Waals surface area contributed by atoms with Crippen molar-refractivity contribution in [3.63, 3.8) is 0 Å². The lowest BCUT2D eigenvalue weighted by Crippen LogP contribution is -2.50. The Labute approximate surface area is 114 Å². The van der Waals surface area contributed by atoms with Gasteiger partial charge in [-0.2, -0.15) is 0 Å². The Morgan fingerprint density at radius 3 is 2.26 bits per heavy atom. The molecular weight excluding hydrogens is 250 g/mol. The minimum absolute atomic E-state index is 0.185. The van der Waals surface area contributed by atoms with Crippen molar-refractivity contribution in [2.45, 2.75) is 65.2 Å². The molecule has 0 aliphatic heterocycles. The molecule has 0 fully saturated rings. The van der Waals surface area contributed by atoms with Gasteiger partial charge in [-0.05, 0) is 34.1 Å². The normalized spacial score (nSPS) is 14.4. The van der Waals surface area contributed by atoms with Crippen molar-refractivity contribution >= 4 is 12.1 Å². The molecule has 0 saturated carbocycles. The van der Waals surface area contributed by atoms with Crippen LogP contribution in [0.25, 0.3) is 0 Å². The minimum Gasteiger partial charge on any atom is -0.464 e. The molecule has 0 spiro atoms. The first-order chi connectivity index (χ1) is 8.71. The summed E-state index contributed by atoms with van der Waals surface area (Å²) in [6.07, 6.45) is -0.663. The molecule has 0 rings (SSSR count). The average Bonchev–Trinajstić information content (AvgIpc) is 2.24. The molecule has 0 aliphatic carbocycles. The molecule has 19 heavy (non-hydrogen) atoms. The Morgan fingerprint density at radius 1 is 1.26 bits per heavy atom. The van der Waals surface area contributed by atoms with Crippen LogP contribution in [0.5, 0.6) is 0 Å². The monoisotopic (exact) mass is 275 g/mol. The van der Waals surface area contributed by atoms with E-state index in [1.54, 1.807) is 27.7 Å². The molecule has 2 atom stereocenters. The van der Waals surface area contributed by atoms with Crippen LogP contribution in [0.1, 0.15) is 47.5 Å². The molecular formula is C13H25NO5. The number of ether oxygens (including phenoxy) is 2. The van der Waals surface area contributed by atoms with Gasteiger partial charge in [0.15, 0.2) is 6.04 Å². The molecule has 6 heteroatoms. The number of aliphatic hydroxyl groups is 1. The predicted octanol–water partition coefficient (Wildman–Crippen LogP) is 1.60. The number of hydrogen-bond acceptors (Lipinski definition) is 5. The zero-order valence-electron chi connectivity index (χ0n) is 12.4. The maximum atomic E-state index is 11.7. The second-order valence-electron chi connectivity index (χ2n) is 5.23. The summed E-state index contributed by atoms with van der Waals surface area (Å²) in [7, 11) is 0.